The summed E-state index contributed by atoms with van der Waals surface area (Å²) in [6.45, 7) is 2.07. The molecule has 1 aliphatic rings. The van der Waals surface area contributed by atoms with E-state index in [4.69, 9.17) is 11.6 Å². The molecule has 1 saturated carbocycles. The standard InChI is InChI=1S/C13H15ClO/c1-13(7-2-3-8-13)12(15)10-5-4-6-11(14)9-10/h4-6,9H,2-3,7-8H2,1H3. The van der Waals surface area contributed by atoms with Crippen LogP contribution in [0.3, 0.4) is 0 Å². The quantitative estimate of drug-likeness (QED) is 0.689. The van der Waals surface area contributed by atoms with Crippen LogP contribution in [0.15, 0.2) is 24.3 Å². The molecule has 15 heavy (non-hydrogen) atoms. The van der Waals surface area contributed by atoms with Gasteiger partial charge in [-0.05, 0) is 25.0 Å². The van der Waals surface area contributed by atoms with Gasteiger partial charge in [-0.3, -0.25) is 4.79 Å². The lowest BCUT2D eigenvalue weighted by Gasteiger charge is -2.21. The van der Waals surface area contributed by atoms with E-state index in [0.717, 1.165) is 18.4 Å². The Morgan fingerprint density at radius 2 is 2.00 bits per heavy atom. The summed E-state index contributed by atoms with van der Waals surface area (Å²) in [4.78, 5) is 12.3. The summed E-state index contributed by atoms with van der Waals surface area (Å²) in [5, 5.41) is 0.641. The number of halogens is 1. The lowest BCUT2D eigenvalue weighted by molar-refractivity contribution is 0.0823. The van der Waals surface area contributed by atoms with Crippen LogP contribution in [-0.2, 0) is 0 Å². The minimum Gasteiger partial charge on any atom is -0.294 e. The molecule has 0 bridgehead atoms. The lowest BCUT2D eigenvalue weighted by atomic mass is 9.81. The third-order valence-electron chi connectivity index (χ3n) is 3.34. The van der Waals surface area contributed by atoms with Gasteiger partial charge in [0, 0.05) is 16.0 Å². The highest BCUT2D eigenvalue weighted by molar-refractivity contribution is 6.31. The molecule has 0 saturated heterocycles. The highest BCUT2D eigenvalue weighted by Gasteiger charge is 2.36. The van der Waals surface area contributed by atoms with E-state index in [1.54, 1.807) is 12.1 Å². The summed E-state index contributed by atoms with van der Waals surface area (Å²) in [5.41, 5.74) is 0.608. The van der Waals surface area contributed by atoms with Crippen LogP contribution in [-0.4, -0.2) is 5.78 Å². The first-order chi connectivity index (χ1) is 7.12. The van der Waals surface area contributed by atoms with Crippen molar-refractivity contribution in [1.29, 1.82) is 0 Å². The maximum Gasteiger partial charge on any atom is 0.168 e. The molecule has 1 nitrogen and oxygen atoms in total. The van der Waals surface area contributed by atoms with E-state index >= 15 is 0 Å². The molecule has 80 valence electrons. The molecular formula is C13H15ClO. The highest BCUT2D eigenvalue weighted by Crippen LogP contribution is 2.40. The SMILES string of the molecule is CC1(C(=O)c2cccc(Cl)c2)CCCC1. The number of carbonyl (C=O) groups is 1. The highest BCUT2D eigenvalue weighted by atomic mass is 35.5. The molecule has 2 rings (SSSR count). The fraction of sp³-hybridized carbons (Fsp3) is 0.462. The molecule has 0 amide bonds. The van der Waals surface area contributed by atoms with Crippen molar-refractivity contribution in [1.82, 2.24) is 0 Å². The number of hydrogen-bond donors (Lipinski definition) is 0. The Morgan fingerprint density at radius 1 is 1.33 bits per heavy atom. The van der Waals surface area contributed by atoms with E-state index in [1.807, 2.05) is 12.1 Å². The van der Waals surface area contributed by atoms with Gasteiger partial charge in [-0.1, -0.05) is 43.5 Å². The van der Waals surface area contributed by atoms with Gasteiger partial charge in [0.1, 0.15) is 0 Å². The Balaban J connectivity index is 2.27. The molecule has 0 N–H and O–H groups in total. The number of hydrogen-bond acceptors (Lipinski definition) is 1. The van der Waals surface area contributed by atoms with Crippen LogP contribution in [0.1, 0.15) is 43.0 Å². The van der Waals surface area contributed by atoms with Gasteiger partial charge in [0.25, 0.3) is 0 Å². The summed E-state index contributed by atoms with van der Waals surface area (Å²) in [6, 6.07) is 7.27. The first-order valence-corrected chi connectivity index (χ1v) is 5.80. The van der Waals surface area contributed by atoms with Gasteiger partial charge in [-0.2, -0.15) is 0 Å². The van der Waals surface area contributed by atoms with Crippen molar-refractivity contribution in [2.75, 3.05) is 0 Å². The molecule has 0 atom stereocenters. The molecule has 2 heteroatoms. The summed E-state index contributed by atoms with van der Waals surface area (Å²) in [5.74, 6) is 0.252. The molecule has 0 aliphatic heterocycles. The van der Waals surface area contributed by atoms with E-state index in [2.05, 4.69) is 6.92 Å². The first-order valence-electron chi connectivity index (χ1n) is 5.42. The summed E-state index contributed by atoms with van der Waals surface area (Å²) >= 11 is 5.89. The van der Waals surface area contributed by atoms with Crippen molar-refractivity contribution in [3.05, 3.63) is 34.9 Å². The lowest BCUT2D eigenvalue weighted by Crippen LogP contribution is -2.24. The van der Waals surface area contributed by atoms with E-state index in [-0.39, 0.29) is 11.2 Å². The van der Waals surface area contributed by atoms with Crippen molar-refractivity contribution in [3.8, 4) is 0 Å². The van der Waals surface area contributed by atoms with Gasteiger partial charge in [0.15, 0.2) is 5.78 Å². The van der Waals surface area contributed by atoms with Crippen molar-refractivity contribution < 1.29 is 4.79 Å². The van der Waals surface area contributed by atoms with Crippen LogP contribution < -0.4 is 0 Å². The van der Waals surface area contributed by atoms with Gasteiger partial charge in [0.05, 0.1) is 0 Å². The summed E-state index contributed by atoms with van der Waals surface area (Å²) in [7, 11) is 0. The Morgan fingerprint density at radius 3 is 2.60 bits per heavy atom. The van der Waals surface area contributed by atoms with Gasteiger partial charge in [-0.25, -0.2) is 0 Å². The van der Waals surface area contributed by atoms with Crippen LogP contribution in [0.25, 0.3) is 0 Å². The monoisotopic (exact) mass is 222 g/mol. The second-order valence-corrected chi connectivity index (χ2v) is 5.04. The predicted octanol–water partition coefficient (Wildman–Crippen LogP) is 4.10. The van der Waals surface area contributed by atoms with Crippen molar-refractivity contribution >= 4 is 17.4 Å². The van der Waals surface area contributed by atoms with E-state index in [0.29, 0.717) is 5.02 Å². The van der Waals surface area contributed by atoms with E-state index < -0.39 is 0 Å². The number of benzene rings is 1. The zero-order chi connectivity index (χ0) is 10.9. The minimum absolute atomic E-state index is 0.148. The normalized spacial score (nSPS) is 19.1. The second kappa shape index (κ2) is 3.97. The van der Waals surface area contributed by atoms with Crippen LogP contribution in [0.2, 0.25) is 5.02 Å². The van der Waals surface area contributed by atoms with Crippen molar-refractivity contribution in [2.24, 2.45) is 5.41 Å². The third kappa shape index (κ3) is 2.07. The molecule has 0 spiro atoms. The Hall–Kier alpha value is -0.820. The number of Topliss-reactive ketones (excluding diaryl/α,β-unsaturated/α-hetero) is 1. The third-order valence-corrected chi connectivity index (χ3v) is 3.58. The Bertz CT molecular complexity index is 378. The smallest absolute Gasteiger partial charge is 0.168 e. The molecule has 1 aromatic carbocycles. The maximum atomic E-state index is 12.3. The van der Waals surface area contributed by atoms with E-state index in [1.165, 1.54) is 12.8 Å². The minimum atomic E-state index is -0.148. The van der Waals surface area contributed by atoms with Gasteiger partial charge < -0.3 is 0 Å². The van der Waals surface area contributed by atoms with E-state index in [9.17, 15) is 4.79 Å². The number of carbonyl (C=O) groups excluding carboxylic acids is 1. The molecular weight excluding hydrogens is 208 g/mol. The number of rotatable bonds is 2. The van der Waals surface area contributed by atoms with Gasteiger partial charge in [0.2, 0.25) is 0 Å². The Kier molecular flexibility index (Phi) is 2.83. The molecule has 1 fully saturated rings. The van der Waals surface area contributed by atoms with Crippen molar-refractivity contribution in [2.45, 2.75) is 32.6 Å². The fourth-order valence-electron chi connectivity index (χ4n) is 2.36. The molecule has 0 radical (unpaired) electrons. The maximum absolute atomic E-state index is 12.3. The average molecular weight is 223 g/mol. The van der Waals surface area contributed by atoms with Crippen LogP contribution >= 0.6 is 11.6 Å². The largest absolute Gasteiger partial charge is 0.294 e. The van der Waals surface area contributed by atoms with Gasteiger partial charge in [-0.15, -0.1) is 0 Å². The van der Waals surface area contributed by atoms with Crippen LogP contribution in [0.5, 0.6) is 0 Å². The zero-order valence-electron chi connectivity index (χ0n) is 8.92. The molecule has 1 aliphatic carbocycles. The summed E-state index contributed by atoms with van der Waals surface area (Å²) < 4.78 is 0. The topological polar surface area (TPSA) is 17.1 Å². The zero-order valence-corrected chi connectivity index (χ0v) is 9.68. The molecule has 0 heterocycles. The molecule has 0 aromatic heterocycles. The predicted molar refractivity (Wildman–Crippen MR) is 62.4 cm³/mol. The Labute approximate surface area is 95.4 Å². The fourth-order valence-corrected chi connectivity index (χ4v) is 2.55. The average Bonchev–Trinajstić information content (AvgIpc) is 2.65. The number of ketones is 1. The molecule has 1 aromatic rings. The second-order valence-electron chi connectivity index (χ2n) is 4.61. The van der Waals surface area contributed by atoms with Crippen LogP contribution in [0.4, 0.5) is 0 Å². The first kappa shape index (κ1) is 10.7. The van der Waals surface area contributed by atoms with Crippen molar-refractivity contribution in [3.63, 3.8) is 0 Å². The van der Waals surface area contributed by atoms with Crippen LogP contribution in [0, 0.1) is 5.41 Å². The molecule has 0 unspecified atom stereocenters. The van der Waals surface area contributed by atoms with Gasteiger partial charge >= 0.3 is 0 Å². The summed E-state index contributed by atoms with van der Waals surface area (Å²) in [6.07, 6.45) is 4.36.